The minimum atomic E-state index is -0.395. The summed E-state index contributed by atoms with van der Waals surface area (Å²) < 4.78 is 0. The molecule has 1 spiro atoms. The molecule has 194 valence electrons. The Kier molecular flexibility index (Phi) is 7.01. The molecule has 2 aliphatic rings. The fraction of sp³-hybridized carbons (Fsp3) is 0.306. The first-order chi connectivity index (χ1) is 18.4. The predicted molar refractivity (Wildman–Crippen MR) is 163 cm³/mol. The van der Waals surface area contributed by atoms with E-state index in [1.165, 1.54) is 50.9 Å². The number of amidine groups is 1. The first kappa shape index (κ1) is 26.0. The SMILES string of the molecule is C/C=C\C1=C(C)c2ccccc2C12c1ccccc1C(C)(C)c1ccc(C(N)=NCC/C=C\CCC)cc12. The molecule has 2 N–H and O–H groups in total. The van der Waals surface area contributed by atoms with Crippen LogP contribution in [0, 0.1) is 0 Å². The van der Waals surface area contributed by atoms with Crippen molar-refractivity contribution in [3.63, 3.8) is 0 Å². The van der Waals surface area contributed by atoms with E-state index < -0.39 is 5.41 Å². The van der Waals surface area contributed by atoms with E-state index in [0.717, 1.165) is 18.4 Å². The fourth-order valence-electron chi connectivity index (χ4n) is 6.66. The van der Waals surface area contributed by atoms with Crippen LogP contribution in [0.2, 0.25) is 0 Å². The van der Waals surface area contributed by atoms with Crippen molar-refractivity contribution in [3.05, 3.63) is 136 Å². The molecular weight excluding hydrogens is 460 g/mol. The van der Waals surface area contributed by atoms with Gasteiger partial charge in [0.2, 0.25) is 0 Å². The number of unbranched alkanes of at least 4 members (excludes halogenated alkanes) is 1. The number of hydrogen-bond acceptors (Lipinski definition) is 1. The van der Waals surface area contributed by atoms with Gasteiger partial charge in [-0.25, -0.2) is 0 Å². The molecule has 0 saturated carbocycles. The zero-order chi connectivity index (χ0) is 26.9. The zero-order valence-electron chi connectivity index (χ0n) is 23.5. The largest absolute Gasteiger partial charge is 0.384 e. The quantitative estimate of drug-likeness (QED) is 0.150. The van der Waals surface area contributed by atoms with Gasteiger partial charge in [-0.05, 0) is 77.3 Å². The molecule has 38 heavy (non-hydrogen) atoms. The molecule has 0 amide bonds. The highest BCUT2D eigenvalue weighted by Crippen LogP contribution is 2.61. The van der Waals surface area contributed by atoms with Gasteiger partial charge in [-0.1, -0.05) is 112 Å². The van der Waals surface area contributed by atoms with Gasteiger partial charge in [-0.2, -0.15) is 0 Å². The average molecular weight is 501 g/mol. The van der Waals surface area contributed by atoms with Gasteiger partial charge in [0.05, 0.1) is 5.41 Å². The molecule has 2 heteroatoms. The molecule has 0 bridgehead atoms. The molecule has 0 fully saturated rings. The van der Waals surface area contributed by atoms with Crippen LogP contribution in [-0.2, 0) is 10.8 Å². The standard InChI is InChI=1S/C36H40N2/c1-6-8-9-10-15-23-38-34(37)26-21-22-31-33(24-26)36(32-20-14-13-19-30(32)35(31,4)5)28(16-7-2)25(3)27-17-11-12-18-29(27)36/h7,9-14,16-22,24H,6,8,15,23H2,1-5H3,(H2,37,38)/b10-9-,16-7-. The van der Waals surface area contributed by atoms with Gasteiger partial charge < -0.3 is 5.73 Å². The van der Waals surface area contributed by atoms with E-state index in [4.69, 9.17) is 10.7 Å². The van der Waals surface area contributed by atoms with Gasteiger partial charge in [0.25, 0.3) is 0 Å². The molecule has 2 nitrogen and oxygen atoms in total. The van der Waals surface area contributed by atoms with Gasteiger partial charge >= 0.3 is 0 Å². The first-order valence-corrected chi connectivity index (χ1v) is 14.0. The van der Waals surface area contributed by atoms with Crippen LogP contribution in [0.1, 0.15) is 92.8 Å². The smallest absolute Gasteiger partial charge is 0.125 e. The molecule has 3 aromatic rings. The van der Waals surface area contributed by atoms with Crippen LogP contribution >= 0.6 is 0 Å². The molecule has 3 aromatic carbocycles. The second-order valence-electron chi connectivity index (χ2n) is 11.1. The maximum atomic E-state index is 6.63. The molecule has 0 aliphatic heterocycles. The number of benzene rings is 3. The Hall–Kier alpha value is -3.65. The van der Waals surface area contributed by atoms with Crippen LogP contribution in [0.15, 0.2) is 102 Å². The third-order valence-electron chi connectivity index (χ3n) is 8.47. The highest BCUT2D eigenvalue weighted by molar-refractivity contribution is 5.98. The monoisotopic (exact) mass is 500 g/mol. The Morgan fingerprint density at radius 3 is 2.24 bits per heavy atom. The Morgan fingerprint density at radius 1 is 0.842 bits per heavy atom. The predicted octanol–water partition coefficient (Wildman–Crippen LogP) is 8.48. The molecule has 1 unspecified atom stereocenters. The molecule has 1 atom stereocenters. The van der Waals surface area contributed by atoms with E-state index in [9.17, 15) is 0 Å². The van der Waals surface area contributed by atoms with E-state index in [1.807, 2.05) is 0 Å². The molecule has 0 radical (unpaired) electrons. The van der Waals surface area contributed by atoms with Crippen LogP contribution in [0.25, 0.3) is 5.57 Å². The van der Waals surface area contributed by atoms with Gasteiger partial charge in [0, 0.05) is 17.5 Å². The van der Waals surface area contributed by atoms with E-state index in [2.05, 4.69) is 126 Å². The van der Waals surface area contributed by atoms with Crippen molar-refractivity contribution in [2.75, 3.05) is 6.54 Å². The van der Waals surface area contributed by atoms with Crippen molar-refractivity contribution in [1.29, 1.82) is 0 Å². The van der Waals surface area contributed by atoms with Crippen LogP contribution in [0.5, 0.6) is 0 Å². The van der Waals surface area contributed by atoms with Crippen LogP contribution in [-0.4, -0.2) is 12.4 Å². The summed E-state index contributed by atoms with van der Waals surface area (Å²) in [5, 5.41) is 0. The Balaban J connectivity index is 1.75. The summed E-state index contributed by atoms with van der Waals surface area (Å²) in [5.74, 6) is 0.614. The second-order valence-corrected chi connectivity index (χ2v) is 11.1. The van der Waals surface area contributed by atoms with Crippen molar-refractivity contribution in [3.8, 4) is 0 Å². The van der Waals surface area contributed by atoms with Crippen molar-refractivity contribution in [1.82, 2.24) is 0 Å². The highest BCUT2D eigenvalue weighted by atomic mass is 14.8. The number of allylic oxidation sites excluding steroid dienone is 5. The third kappa shape index (κ3) is 3.89. The van der Waals surface area contributed by atoms with E-state index in [0.29, 0.717) is 12.4 Å². The van der Waals surface area contributed by atoms with E-state index in [1.54, 1.807) is 0 Å². The first-order valence-electron chi connectivity index (χ1n) is 14.0. The highest BCUT2D eigenvalue weighted by Gasteiger charge is 2.53. The number of nitrogens with zero attached hydrogens (tertiary/aromatic N) is 1. The normalized spacial score (nSPS) is 19.9. The van der Waals surface area contributed by atoms with Crippen LogP contribution < -0.4 is 5.73 Å². The van der Waals surface area contributed by atoms with Crippen molar-refractivity contribution in [2.24, 2.45) is 10.7 Å². The Bertz CT molecular complexity index is 1480. The Labute approximate surface area is 228 Å². The summed E-state index contributed by atoms with van der Waals surface area (Å²) >= 11 is 0. The summed E-state index contributed by atoms with van der Waals surface area (Å²) in [6, 6.07) is 24.8. The summed E-state index contributed by atoms with van der Waals surface area (Å²) in [7, 11) is 0. The lowest BCUT2D eigenvalue weighted by Crippen LogP contribution is -2.41. The lowest BCUT2D eigenvalue weighted by atomic mass is 9.55. The molecule has 2 aliphatic carbocycles. The van der Waals surface area contributed by atoms with E-state index >= 15 is 0 Å². The summed E-state index contributed by atoms with van der Waals surface area (Å²) in [4.78, 5) is 4.77. The summed E-state index contributed by atoms with van der Waals surface area (Å²) in [6.45, 7) is 12.0. The Morgan fingerprint density at radius 2 is 1.50 bits per heavy atom. The topological polar surface area (TPSA) is 38.4 Å². The number of rotatable bonds is 7. The van der Waals surface area contributed by atoms with Gasteiger partial charge in [0.1, 0.15) is 5.84 Å². The molecule has 0 aromatic heterocycles. The number of aliphatic imine (C=N–C) groups is 1. The maximum Gasteiger partial charge on any atom is 0.125 e. The maximum absolute atomic E-state index is 6.63. The van der Waals surface area contributed by atoms with E-state index in [-0.39, 0.29) is 5.41 Å². The number of fused-ring (bicyclic) bond motifs is 6. The zero-order valence-corrected chi connectivity index (χ0v) is 23.5. The summed E-state index contributed by atoms with van der Waals surface area (Å²) in [6.07, 6.45) is 12.2. The van der Waals surface area contributed by atoms with Gasteiger partial charge in [-0.15, -0.1) is 0 Å². The molecular formula is C36H40N2. The molecule has 0 heterocycles. The van der Waals surface area contributed by atoms with Crippen molar-refractivity contribution < 1.29 is 0 Å². The van der Waals surface area contributed by atoms with Crippen LogP contribution in [0.4, 0.5) is 0 Å². The van der Waals surface area contributed by atoms with Gasteiger partial charge in [-0.3, -0.25) is 4.99 Å². The molecule has 5 rings (SSSR count). The van der Waals surface area contributed by atoms with Crippen LogP contribution in [0.3, 0.4) is 0 Å². The lowest BCUT2D eigenvalue weighted by molar-refractivity contribution is 0.561. The minimum Gasteiger partial charge on any atom is -0.384 e. The number of hydrogen-bond donors (Lipinski definition) is 1. The summed E-state index contributed by atoms with van der Waals surface area (Å²) in [5.41, 5.74) is 17.9. The molecule has 0 saturated heterocycles. The van der Waals surface area contributed by atoms with Gasteiger partial charge in [0.15, 0.2) is 0 Å². The van der Waals surface area contributed by atoms with Crippen molar-refractivity contribution in [2.45, 2.75) is 64.7 Å². The second kappa shape index (κ2) is 10.3. The lowest BCUT2D eigenvalue weighted by Gasteiger charge is -2.47. The third-order valence-corrected chi connectivity index (χ3v) is 8.47. The number of nitrogens with two attached hydrogens (primary N) is 1. The van der Waals surface area contributed by atoms with Crippen molar-refractivity contribution >= 4 is 11.4 Å². The fourth-order valence-corrected chi connectivity index (χ4v) is 6.66. The minimum absolute atomic E-state index is 0.141. The average Bonchev–Trinajstić information content (AvgIpc) is 3.18.